The van der Waals surface area contributed by atoms with Crippen molar-refractivity contribution in [2.24, 2.45) is 5.92 Å². The number of esters is 2. The third-order valence-corrected chi connectivity index (χ3v) is 4.12. The van der Waals surface area contributed by atoms with Gasteiger partial charge in [-0.25, -0.2) is 9.59 Å². The monoisotopic (exact) mass is 401 g/mol. The molecule has 7 nitrogen and oxygen atoms in total. The van der Waals surface area contributed by atoms with Crippen molar-refractivity contribution in [3.8, 4) is 5.75 Å². The van der Waals surface area contributed by atoms with Crippen LogP contribution < -0.4 is 4.74 Å². The Morgan fingerprint density at radius 1 is 1.00 bits per heavy atom. The first-order valence-corrected chi connectivity index (χ1v) is 9.54. The van der Waals surface area contributed by atoms with Crippen molar-refractivity contribution < 1.29 is 28.6 Å². The smallest absolute Gasteiger partial charge is 0.340 e. The largest absolute Gasteiger partial charge is 0.493 e. The highest BCUT2D eigenvalue weighted by Gasteiger charge is 2.26. The molecule has 1 heterocycles. The third-order valence-electron chi connectivity index (χ3n) is 4.12. The predicted octanol–water partition coefficient (Wildman–Crippen LogP) is 3.88. The minimum Gasteiger partial charge on any atom is -0.493 e. The number of ether oxygens (including phenoxy) is 3. The number of H-pyrrole nitrogens is 1. The average molecular weight is 401 g/mol. The number of aromatic amines is 1. The molecule has 0 radical (unpaired) electrons. The second kappa shape index (κ2) is 9.91. The van der Waals surface area contributed by atoms with Crippen molar-refractivity contribution in [2.75, 3.05) is 19.8 Å². The molecule has 0 fully saturated rings. The molecule has 156 valence electrons. The van der Waals surface area contributed by atoms with Crippen molar-refractivity contribution in [1.29, 1.82) is 0 Å². The maximum absolute atomic E-state index is 12.7. The lowest BCUT2D eigenvalue weighted by atomic mass is 10.1. The van der Waals surface area contributed by atoms with Crippen LogP contribution in [0, 0.1) is 19.8 Å². The Kier molecular flexibility index (Phi) is 7.59. The van der Waals surface area contributed by atoms with E-state index in [9.17, 15) is 14.4 Å². The maximum Gasteiger partial charge on any atom is 0.340 e. The van der Waals surface area contributed by atoms with E-state index in [0.717, 1.165) is 0 Å². The molecular weight excluding hydrogens is 374 g/mol. The highest BCUT2D eigenvalue weighted by molar-refractivity contribution is 6.09. The highest BCUT2D eigenvalue weighted by Crippen LogP contribution is 2.21. The van der Waals surface area contributed by atoms with E-state index in [0.29, 0.717) is 29.7 Å². The fourth-order valence-electron chi connectivity index (χ4n) is 2.85. The fraction of sp³-hybridized carbons (Fsp3) is 0.409. The van der Waals surface area contributed by atoms with E-state index in [4.69, 9.17) is 14.2 Å². The van der Waals surface area contributed by atoms with Gasteiger partial charge < -0.3 is 19.2 Å². The summed E-state index contributed by atoms with van der Waals surface area (Å²) < 4.78 is 15.8. The summed E-state index contributed by atoms with van der Waals surface area (Å²) in [4.78, 5) is 40.2. The normalized spacial score (nSPS) is 10.7. The third kappa shape index (κ3) is 5.70. The van der Waals surface area contributed by atoms with Crippen molar-refractivity contribution in [3.05, 3.63) is 52.3 Å². The predicted molar refractivity (Wildman–Crippen MR) is 108 cm³/mol. The van der Waals surface area contributed by atoms with Crippen LogP contribution in [-0.4, -0.2) is 42.5 Å². The Labute approximate surface area is 170 Å². The number of hydrogen-bond donors (Lipinski definition) is 1. The van der Waals surface area contributed by atoms with E-state index in [2.05, 4.69) is 4.98 Å². The van der Waals surface area contributed by atoms with Gasteiger partial charge in [-0.2, -0.15) is 0 Å². The van der Waals surface area contributed by atoms with E-state index in [-0.39, 0.29) is 23.3 Å². The zero-order chi connectivity index (χ0) is 21.6. The van der Waals surface area contributed by atoms with Gasteiger partial charge in [0, 0.05) is 11.4 Å². The lowest BCUT2D eigenvalue weighted by Gasteiger charge is -2.10. The molecule has 0 aliphatic rings. The van der Waals surface area contributed by atoms with Crippen LogP contribution in [0.3, 0.4) is 0 Å². The summed E-state index contributed by atoms with van der Waals surface area (Å²) >= 11 is 0. The first kappa shape index (κ1) is 22.2. The molecule has 7 heteroatoms. The summed E-state index contributed by atoms with van der Waals surface area (Å²) in [6.07, 6.45) is 0. The quantitative estimate of drug-likeness (QED) is 0.506. The average Bonchev–Trinajstić information content (AvgIpc) is 2.98. The number of Topliss-reactive ketones (excluding diaryl/α,β-unsaturated/α-hetero) is 1. The van der Waals surface area contributed by atoms with Gasteiger partial charge in [0.05, 0.1) is 29.9 Å². The first-order chi connectivity index (χ1) is 13.7. The number of aryl methyl sites for hydroxylation is 2. The standard InChI is InChI=1S/C22H27NO6/c1-6-27-22(26)20-15(5)23-14(4)19(20)18(24)12-29-21(25)16-8-7-9-17(10-16)28-11-13(2)3/h7-10,13,23H,6,11-12H2,1-5H3. The van der Waals surface area contributed by atoms with Gasteiger partial charge in [-0.05, 0) is 44.9 Å². The van der Waals surface area contributed by atoms with Crippen LogP contribution in [0.2, 0.25) is 0 Å². The Bertz CT molecular complexity index is 897. The van der Waals surface area contributed by atoms with Crippen LogP contribution in [0.5, 0.6) is 5.75 Å². The van der Waals surface area contributed by atoms with Gasteiger partial charge in [0.25, 0.3) is 0 Å². The van der Waals surface area contributed by atoms with Crippen LogP contribution in [0.1, 0.15) is 63.2 Å². The van der Waals surface area contributed by atoms with Crippen LogP contribution in [0.25, 0.3) is 0 Å². The van der Waals surface area contributed by atoms with Gasteiger partial charge in [0.1, 0.15) is 5.75 Å². The maximum atomic E-state index is 12.7. The second-order valence-corrected chi connectivity index (χ2v) is 7.08. The summed E-state index contributed by atoms with van der Waals surface area (Å²) in [6.45, 7) is 9.35. The molecule has 2 rings (SSSR count). The molecule has 1 aromatic heterocycles. The number of benzene rings is 1. The van der Waals surface area contributed by atoms with Crippen molar-refractivity contribution in [3.63, 3.8) is 0 Å². The van der Waals surface area contributed by atoms with Gasteiger partial charge >= 0.3 is 11.9 Å². The molecule has 1 aromatic carbocycles. The Balaban J connectivity index is 2.09. The molecule has 0 bridgehead atoms. The highest BCUT2D eigenvalue weighted by atomic mass is 16.5. The molecule has 0 saturated heterocycles. The van der Waals surface area contributed by atoms with Crippen molar-refractivity contribution >= 4 is 17.7 Å². The second-order valence-electron chi connectivity index (χ2n) is 7.08. The molecular formula is C22H27NO6. The minimum absolute atomic E-state index is 0.175. The molecule has 0 amide bonds. The van der Waals surface area contributed by atoms with Gasteiger partial charge in [-0.15, -0.1) is 0 Å². The van der Waals surface area contributed by atoms with E-state index >= 15 is 0 Å². The molecule has 0 aliphatic carbocycles. The van der Waals surface area contributed by atoms with E-state index in [1.165, 1.54) is 0 Å². The molecule has 0 unspecified atom stereocenters. The molecule has 0 atom stereocenters. The first-order valence-electron chi connectivity index (χ1n) is 9.54. The Hall–Kier alpha value is -3.09. The molecule has 1 N–H and O–H groups in total. The number of rotatable bonds is 9. The molecule has 29 heavy (non-hydrogen) atoms. The summed E-state index contributed by atoms with van der Waals surface area (Å²) in [5.74, 6) is -0.795. The Morgan fingerprint density at radius 2 is 1.69 bits per heavy atom. The molecule has 0 aliphatic heterocycles. The van der Waals surface area contributed by atoms with Gasteiger partial charge in [-0.3, -0.25) is 4.79 Å². The molecule has 0 saturated carbocycles. The zero-order valence-electron chi connectivity index (χ0n) is 17.5. The van der Waals surface area contributed by atoms with Crippen molar-refractivity contribution in [2.45, 2.75) is 34.6 Å². The number of hydrogen-bond acceptors (Lipinski definition) is 6. The van der Waals surface area contributed by atoms with Crippen LogP contribution in [-0.2, 0) is 9.47 Å². The van der Waals surface area contributed by atoms with E-state index < -0.39 is 24.3 Å². The number of carbonyl (C=O) groups excluding carboxylic acids is 3. The summed E-state index contributed by atoms with van der Waals surface area (Å²) in [7, 11) is 0. The topological polar surface area (TPSA) is 94.7 Å². The van der Waals surface area contributed by atoms with E-state index in [1.54, 1.807) is 45.0 Å². The number of aromatic nitrogens is 1. The summed E-state index contributed by atoms with van der Waals surface area (Å²) in [5, 5.41) is 0. The van der Waals surface area contributed by atoms with Crippen LogP contribution >= 0.6 is 0 Å². The zero-order valence-corrected chi connectivity index (χ0v) is 17.5. The minimum atomic E-state index is -0.643. The number of ketones is 1. The molecule has 2 aromatic rings. The Morgan fingerprint density at radius 3 is 2.34 bits per heavy atom. The number of carbonyl (C=O) groups is 3. The molecule has 0 spiro atoms. The van der Waals surface area contributed by atoms with E-state index in [1.807, 2.05) is 13.8 Å². The van der Waals surface area contributed by atoms with Gasteiger partial charge in [-0.1, -0.05) is 19.9 Å². The lowest BCUT2D eigenvalue weighted by Crippen LogP contribution is -2.18. The SMILES string of the molecule is CCOC(=O)c1c(C)[nH]c(C)c1C(=O)COC(=O)c1cccc(OCC(C)C)c1. The van der Waals surface area contributed by atoms with Crippen LogP contribution in [0.4, 0.5) is 0 Å². The summed E-state index contributed by atoms with van der Waals surface area (Å²) in [6, 6.07) is 6.60. The van der Waals surface area contributed by atoms with Gasteiger partial charge in [0.2, 0.25) is 5.78 Å². The summed E-state index contributed by atoms with van der Waals surface area (Å²) in [5.41, 5.74) is 1.70. The van der Waals surface area contributed by atoms with Crippen molar-refractivity contribution in [1.82, 2.24) is 4.98 Å². The lowest BCUT2D eigenvalue weighted by molar-refractivity contribution is 0.0471. The fourth-order valence-corrected chi connectivity index (χ4v) is 2.85. The van der Waals surface area contributed by atoms with Gasteiger partial charge in [0.15, 0.2) is 6.61 Å². The van der Waals surface area contributed by atoms with Crippen LogP contribution in [0.15, 0.2) is 24.3 Å². The number of nitrogens with one attached hydrogen (secondary N) is 1.